The van der Waals surface area contributed by atoms with E-state index in [2.05, 4.69) is 22.1 Å². The third-order valence-electron chi connectivity index (χ3n) is 2.62. The van der Waals surface area contributed by atoms with Crippen molar-refractivity contribution >= 4 is 22.4 Å². The van der Waals surface area contributed by atoms with Crippen LogP contribution in [0.3, 0.4) is 0 Å². The molecular formula is C12H14N2O3S. The number of hydrogen-bond acceptors (Lipinski definition) is 5. The standard InChI is InChI=1S/C12H14N2O3S/c15-5-1-2-10-8-13-12(18-10)14-11(16)9-3-6-17-7-4-9/h8-9,15H,3-7H2,(H,13,14,16). The molecule has 2 rings (SSSR count). The molecule has 0 atom stereocenters. The maximum atomic E-state index is 11.9. The molecule has 0 unspecified atom stereocenters. The number of carbonyl (C=O) groups excluding carboxylic acids is 1. The van der Waals surface area contributed by atoms with Crippen LogP contribution in [-0.4, -0.2) is 35.8 Å². The predicted molar refractivity (Wildman–Crippen MR) is 68.3 cm³/mol. The molecule has 18 heavy (non-hydrogen) atoms. The summed E-state index contributed by atoms with van der Waals surface area (Å²) in [5.74, 6) is 5.30. The Morgan fingerprint density at radius 2 is 2.39 bits per heavy atom. The van der Waals surface area contributed by atoms with E-state index in [0.29, 0.717) is 18.3 Å². The summed E-state index contributed by atoms with van der Waals surface area (Å²) in [5, 5.41) is 11.9. The fourth-order valence-electron chi connectivity index (χ4n) is 1.68. The number of nitrogens with one attached hydrogen (secondary N) is 1. The van der Waals surface area contributed by atoms with Crippen molar-refractivity contribution in [3.05, 3.63) is 11.1 Å². The van der Waals surface area contributed by atoms with Crippen LogP contribution in [0.1, 0.15) is 17.7 Å². The van der Waals surface area contributed by atoms with Gasteiger partial charge in [-0.2, -0.15) is 0 Å². The lowest BCUT2D eigenvalue weighted by molar-refractivity contribution is -0.122. The SMILES string of the molecule is O=C(Nc1ncc(C#CCO)s1)C1CCOCC1. The van der Waals surface area contributed by atoms with Crippen LogP contribution < -0.4 is 5.32 Å². The van der Waals surface area contributed by atoms with Gasteiger partial charge in [-0.25, -0.2) is 4.98 Å². The van der Waals surface area contributed by atoms with Crippen molar-refractivity contribution in [1.82, 2.24) is 4.98 Å². The molecule has 0 aliphatic carbocycles. The zero-order chi connectivity index (χ0) is 12.8. The molecule has 6 heteroatoms. The minimum atomic E-state index is -0.179. The first-order valence-corrected chi connectivity index (χ1v) is 6.55. The lowest BCUT2D eigenvalue weighted by atomic mass is 10.00. The van der Waals surface area contributed by atoms with Gasteiger partial charge < -0.3 is 15.2 Å². The smallest absolute Gasteiger partial charge is 0.229 e. The lowest BCUT2D eigenvalue weighted by Crippen LogP contribution is -2.28. The van der Waals surface area contributed by atoms with Crippen molar-refractivity contribution in [2.24, 2.45) is 5.92 Å². The summed E-state index contributed by atoms with van der Waals surface area (Å²) >= 11 is 1.31. The Kier molecular flexibility index (Phi) is 4.70. The Morgan fingerprint density at radius 3 is 3.11 bits per heavy atom. The fraction of sp³-hybridized carbons (Fsp3) is 0.500. The summed E-state index contributed by atoms with van der Waals surface area (Å²) in [5.41, 5.74) is 0. The Labute approximate surface area is 109 Å². The van der Waals surface area contributed by atoms with E-state index >= 15 is 0 Å². The number of aliphatic hydroxyl groups excluding tert-OH is 1. The third-order valence-corrected chi connectivity index (χ3v) is 3.45. The van der Waals surface area contributed by atoms with Crippen molar-refractivity contribution in [1.29, 1.82) is 0 Å². The second-order valence-corrected chi connectivity index (χ2v) is 4.90. The third kappa shape index (κ3) is 3.53. The molecule has 1 saturated heterocycles. The number of nitrogens with zero attached hydrogens (tertiary/aromatic N) is 1. The van der Waals surface area contributed by atoms with Gasteiger partial charge in [-0.05, 0) is 12.8 Å². The van der Waals surface area contributed by atoms with E-state index in [0.717, 1.165) is 17.7 Å². The molecule has 0 saturated carbocycles. The number of hydrogen-bond donors (Lipinski definition) is 2. The number of carbonyl (C=O) groups is 1. The molecule has 1 aliphatic rings. The molecule has 5 nitrogen and oxygen atoms in total. The van der Waals surface area contributed by atoms with Crippen molar-refractivity contribution in [3.63, 3.8) is 0 Å². The van der Waals surface area contributed by atoms with Gasteiger partial charge in [0, 0.05) is 19.1 Å². The highest BCUT2D eigenvalue weighted by Gasteiger charge is 2.22. The summed E-state index contributed by atoms with van der Waals surface area (Å²) in [6.45, 7) is 1.11. The van der Waals surface area contributed by atoms with Crippen LogP contribution in [0, 0.1) is 17.8 Å². The highest BCUT2D eigenvalue weighted by Crippen LogP contribution is 2.20. The zero-order valence-corrected chi connectivity index (χ0v) is 10.6. The average molecular weight is 266 g/mol. The van der Waals surface area contributed by atoms with Crippen molar-refractivity contribution in [2.45, 2.75) is 12.8 Å². The minimum Gasteiger partial charge on any atom is -0.384 e. The van der Waals surface area contributed by atoms with E-state index in [-0.39, 0.29) is 18.4 Å². The van der Waals surface area contributed by atoms with Gasteiger partial charge in [0.25, 0.3) is 0 Å². The molecule has 1 aromatic heterocycles. The zero-order valence-electron chi connectivity index (χ0n) is 9.81. The first kappa shape index (κ1) is 13.0. The highest BCUT2D eigenvalue weighted by molar-refractivity contribution is 7.16. The molecule has 1 aromatic rings. The van der Waals surface area contributed by atoms with Gasteiger partial charge in [-0.1, -0.05) is 23.2 Å². The van der Waals surface area contributed by atoms with E-state index in [4.69, 9.17) is 9.84 Å². The van der Waals surface area contributed by atoms with Crippen LogP contribution in [0.5, 0.6) is 0 Å². The molecule has 1 aliphatic heterocycles. The van der Waals surface area contributed by atoms with E-state index < -0.39 is 0 Å². The van der Waals surface area contributed by atoms with E-state index in [1.165, 1.54) is 11.3 Å². The van der Waals surface area contributed by atoms with Gasteiger partial charge in [-0.3, -0.25) is 4.79 Å². The van der Waals surface area contributed by atoms with Crippen molar-refractivity contribution in [3.8, 4) is 11.8 Å². The molecule has 2 heterocycles. The maximum Gasteiger partial charge on any atom is 0.229 e. The molecule has 1 amide bonds. The number of aliphatic hydroxyl groups is 1. The van der Waals surface area contributed by atoms with Crippen LogP contribution in [0.25, 0.3) is 0 Å². The highest BCUT2D eigenvalue weighted by atomic mass is 32.1. The van der Waals surface area contributed by atoms with Crippen LogP contribution in [0.4, 0.5) is 5.13 Å². The first-order chi connectivity index (χ1) is 8.79. The predicted octanol–water partition coefficient (Wildman–Crippen LogP) is 0.852. The van der Waals surface area contributed by atoms with Crippen molar-refractivity contribution < 1.29 is 14.6 Å². The van der Waals surface area contributed by atoms with Gasteiger partial charge in [0.1, 0.15) is 6.61 Å². The number of ether oxygens (including phenoxy) is 1. The number of thiazole rings is 1. The fourth-order valence-corrected chi connectivity index (χ4v) is 2.38. The largest absolute Gasteiger partial charge is 0.384 e. The second kappa shape index (κ2) is 6.50. The molecule has 2 N–H and O–H groups in total. The molecule has 1 fully saturated rings. The van der Waals surface area contributed by atoms with Gasteiger partial charge in [0.05, 0.1) is 11.1 Å². The van der Waals surface area contributed by atoms with Crippen LogP contribution in [0.2, 0.25) is 0 Å². The Hall–Kier alpha value is -1.42. The second-order valence-electron chi connectivity index (χ2n) is 3.87. The van der Waals surface area contributed by atoms with Crippen LogP contribution in [0.15, 0.2) is 6.20 Å². The molecule has 0 spiro atoms. The number of rotatable bonds is 2. The average Bonchev–Trinajstić information content (AvgIpc) is 2.85. The Balaban J connectivity index is 1.92. The maximum absolute atomic E-state index is 11.9. The van der Waals surface area contributed by atoms with Gasteiger partial charge in [0.2, 0.25) is 5.91 Å². The molecule has 0 bridgehead atoms. The molecule has 96 valence electrons. The van der Waals surface area contributed by atoms with Gasteiger partial charge in [-0.15, -0.1) is 0 Å². The monoisotopic (exact) mass is 266 g/mol. The van der Waals surface area contributed by atoms with E-state index in [9.17, 15) is 4.79 Å². The quantitative estimate of drug-likeness (QED) is 0.779. The van der Waals surface area contributed by atoms with E-state index in [1.54, 1.807) is 6.20 Å². The summed E-state index contributed by atoms with van der Waals surface area (Å²) in [7, 11) is 0. The summed E-state index contributed by atoms with van der Waals surface area (Å²) in [6.07, 6.45) is 3.11. The number of amides is 1. The summed E-state index contributed by atoms with van der Waals surface area (Å²) in [6, 6.07) is 0. The van der Waals surface area contributed by atoms with Crippen molar-refractivity contribution in [2.75, 3.05) is 25.1 Å². The molecule has 0 aromatic carbocycles. The molecular weight excluding hydrogens is 252 g/mol. The summed E-state index contributed by atoms with van der Waals surface area (Å²) in [4.78, 5) is 16.7. The normalized spacial score (nSPS) is 15.8. The van der Waals surface area contributed by atoms with Gasteiger partial charge in [0.15, 0.2) is 5.13 Å². The van der Waals surface area contributed by atoms with Gasteiger partial charge >= 0.3 is 0 Å². The summed E-state index contributed by atoms with van der Waals surface area (Å²) < 4.78 is 5.21. The van der Waals surface area contributed by atoms with Crippen LogP contribution >= 0.6 is 11.3 Å². The topological polar surface area (TPSA) is 71.5 Å². The van der Waals surface area contributed by atoms with Crippen LogP contribution in [-0.2, 0) is 9.53 Å². The first-order valence-electron chi connectivity index (χ1n) is 5.74. The number of aromatic nitrogens is 1. The van der Waals surface area contributed by atoms with E-state index in [1.807, 2.05) is 0 Å². The Morgan fingerprint density at radius 1 is 1.61 bits per heavy atom. The Bertz CT molecular complexity index is 469. The number of anilines is 1. The minimum absolute atomic E-state index is 0.00526. The lowest BCUT2D eigenvalue weighted by Gasteiger charge is -2.20. The molecule has 0 radical (unpaired) electrons.